The second-order valence-corrected chi connectivity index (χ2v) is 3.35. The van der Waals surface area contributed by atoms with Crippen molar-refractivity contribution in [3.8, 4) is 0 Å². The van der Waals surface area contributed by atoms with Crippen LogP contribution in [0.2, 0.25) is 0 Å². The van der Waals surface area contributed by atoms with Gasteiger partial charge in [-0.05, 0) is 25.7 Å². The Balaban J connectivity index is 2.27. The number of nitrogens with two attached hydrogens (primary N) is 1. The minimum Gasteiger partial charge on any atom is -0.388 e. The minimum absolute atomic E-state index is 0.257. The van der Waals surface area contributed by atoms with Gasteiger partial charge >= 0.3 is 6.03 Å². The van der Waals surface area contributed by atoms with E-state index in [-0.39, 0.29) is 6.54 Å². The zero-order chi connectivity index (χ0) is 8.48. The summed E-state index contributed by atoms with van der Waals surface area (Å²) in [4.78, 5) is 10.3. The molecule has 4 nitrogen and oxygen atoms in total. The summed E-state index contributed by atoms with van der Waals surface area (Å²) in [5.74, 6) is 0.342. The van der Waals surface area contributed by atoms with E-state index in [4.69, 9.17) is 5.73 Å². The quantitative estimate of drug-likeness (QED) is 0.532. The smallest absolute Gasteiger partial charge is 0.312 e. The first-order chi connectivity index (χ1) is 5.02. The number of aliphatic hydroxyl groups is 1. The number of rotatable bonds is 3. The van der Waals surface area contributed by atoms with Gasteiger partial charge in [0.25, 0.3) is 0 Å². The van der Waals surface area contributed by atoms with E-state index in [0.717, 1.165) is 12.8 Å². The molecule has 4 N–H and O–H groups in total. The van der Waals surface area contributed by atoms with Gasteiger partial charge in [-0.3, -0.25) is 0 Å². The van der Waals surface area contributed by atoms with Crippen molar-refractivity contribution < 1.29 is 9.90 Å². The molecule has 0 heterocycles. The number of primary amides is 1. The van der Waals surface area contributed by atoms with Crippen LogP contribution in [-0.4, -0.2) is 23.3 Å². The van der Waals surface area contributed by atoms with Crippen LogP contribution in [0, 0.1) is 5.92 Å². The molecule has 1 fully saturated rings. The van der Waals surface area contributed by atoms with Crippen molar-refractivity contribution >= 4 is 6.03 Å². The van der Waals surface area contributed by atoms with Crippen LogP contribution >= 0.6 is 0 Å². The molecule has 0 spiro atoms. The van der Waals surface area contributed by atoms with Crippen LogP contribution in [0.1, 0.15) is 19.8 Å². The van der Waals surface area contributed by atoms with Crippen LogP contribution < -0.4 is 11.1 Å². The Morgan fingerprint density at radius 1 is 1.82 bits per heavy atom. The van der Waals surface area contributed by atoms with Gasteiger partial charge in [0.15, 0.2) is 0 Å². The summed E-state index contributed by atoms with van der Waals surface area (Å²) in [7, 11) is 0. The maximum Gasteiger partial charge on any atom is 0.312 e. The Labute approximate surface area is 65.8 Å². The number of carbonyl (C=O) groups excluding carboxylic acids is 1. The molecule has 1 saturated carbocycles. The highest BCUT2D eigenvalue weighted by Crippen LogP contribution is 2.38. The number of urea groups is 1. The van der Waals surface area contributed by atoms with Crippen molar-refractivity contribution in [1.82, 2.24) is 5.32 Å². The summed E-state index contributed by atoms with van der Waals surface area (Å²) in [5, 5.41) is 12.0. The monoisotopic (exact) mass is 158 g/mol. The van der Waals surface area contributed by atoms with Crippen LogP contribution in [0.3, 0.4) is 0 Å². The van der Waals surface area contributed by atoms with Gasteiger partial charge in [0.1, 0.15) is 0 Å². The highest BCUT2D eigenvalue weighted by Gasteiger charge is 2.39. The van der Waals surface area contributed by atoms with Gasteiger partial charge < -0.3 is 16.2 Å². The third kappa shape index (κ3) is 2.38. The SMILES string of the molecule is CC(O)(CNC(N)=O)C1CC1. The molecule has 1 aliphatic rings. The van der Waals surface area contributed by atoms with E-state index < -0.39 is 11.6 Å². The molecule has 0 radical (unpaired) electrons. The molecule has 1 atom stereocenters. The second kappa shape index (κ2) is 2.70. The molecule has 1 rings (SSSR count). The predicted molar refractivity (Wildman–Crippen MR) is 40.9 cm³/mol. The number of carbonyl (C=O) groups is 1. The molecule has 2 amide bonds. The molecule has 0 bridgehead atoms. The first-order valence-corrected chi connectivity index (χ1v) is 3.78. The maximum absolute atomic E-state index is 10.3. The highest BCUT2D eigenvalue weighted by molar-refractivity contribution is 5.71. The van der Waals surface area contributed by atoms with Gasteiger partial charge in [-0.25, -0.2) is 4.79 Å². The fourth-order valence-electron chi connectivity index (χ4n) is 1.12. The lowest BCUT2D eigenvalue weighted by Crippen LogP contribution is -2.44. The van der Waals surface area contributed by atoms with Gasteiger partial charge in [0.2, 0.25) is 0 Å². The van der Waals surface area contributed by atoms with Crippen molar-refractivity contribution in [2.75, 3.05) is 6.54 Å². The van der Waals surface area contributed by atoms with Crippen molar-refractivity contribution in [2.24, 2.45) is 11.7 Å². The van der Waals surface area contributed by atoms with Gasteiger partial charge in [-0.2, -0.15) is 0 Å². The first kappa shape index (κ1) is 8.33. The van der Waals surface area contributed by atoms with E-state index in [1.807, 2.05) is 0 Å². The molecule has 0 aromatic carbocycles. The molecule has 0 saturated heterocycles. The Morgan fingerprint density at radius 3 is 2.73 bits per heavy atom. The average molecular weight is 158 g/mol. The van der Waals surface area contributed by atoms with E-state index in [1.165, 1.54) is 0 Å². The topological polar surface area (TPSA) is 75.3 Å². The van der Waals surface area contributed by atoms with Crippen LogP contribution in [-0.2, 0) is 0 Å². The summed E-state index contributed by atoms with van der Waals surface area (Å²) in [6.07, 6.45) is 2.10. The van der Waals surface area contributed by atoms with Gasteiger partial charge in [0.05, 0.1) is 5.60 Å². The standard InChI is InChI=1S/C7H14N2O2/c1-7(11,5-2-3-5)4-9-6(8)10/h5,11H,2-4H2,1H3,(H3,8,9,10). The summed E-state index contributed by atoms with van der Waals surface area (Å²) >= 11 is 0. The van der Waals surface area contributed by atoms with Gasteiger partial charge in [-0.15, -0.1) is 0 Å². The zero-order valence-electron chi connectivity index (χ0n) is 6.63. The number of hydrogen-bond donors (Lipinski definition) is 3. The largest absolute Gasteiger partial charge is 0.388 e. The van der Waals surface area contributed by atoms with Crippen molar-refractivity contribution in [3.05, 3.63) is 0 Å². The average Bonchev–Trinajstić information content (AvgIpc) is 2.64. The van der Waals surface area contributed by atoms with E-state index in [2.05, 4.69) is 5.32 Å². The molecule has 1 unspecified atom stereocenters. The number of nitrogens with one attached hydrogen (secondary N) is 1. The van der Waals surface area contributed by atoms with Gasteiger partial charge in [-0.1, -0.05) is 0 Å². The molecule has 4 heteroatoms. The van der Waals surface area contributed by atoms with E-state index in [9.17, 15) is 9.90 Å². The third-order valence-corrected chi connectivity index (χ3v) is 2.08. The molecule has 0 aliphatic heterocycles. The second-order valence-electron chi connectivity index (χ2n) is 3.35. The highest BCUT2D eigenvalue weighted by atomic mass is 16.3. The predicted octanol–water partition coefficient (Wildman–Crippen LogP) is -0.184. The summed E-state index contributed by atoms with van der Waals surface area (Å²) in [6.45, 7) is 1.98. The van der Waals surface area contributed by atoms with Crippen molar-refractivity contribution in [3.63, 3.8) is 0 Å². The molecular formula is C7H14N2O2. The fraction of sp³-hybridized carbons (Fsp3) is 0.857. The van der Waals surface area contributed by atoms with Crippen LogP contribution in [0.15, 0.2) is 0 Å². The minimum atomic E-state index is -0.769. The third-order valence-electron chi connectivity index (χ3n) is 2.08. The van der Waals surface area contributed by atoms with Crippen LogP contribution in [0.4, 0.5) is 4.79 Å². The summed E-state index contributed by atoms with van der Waals surface area (Å²) in [6, 6.07) is -0.578. The summed E-state index contributed by atoms with van der Waals surface area (Å²) in [5.41, 5.74) is 4.09. The summed E-state index contributed by atoms with van der Waals surface area (Å²) < 4.78 is 0. The van der Waals surface area contributed by atoms with Crippen molar-refractivity contribution in [2.45, 2.75) is 25.4 Å². The number of hydrogen-bond acceptors (Lipinski definition) is 2. The van der Waals surface area contributed by atoms with Crippen molar-refractivity contribution in [1.29, 1.82) is 0 Å². The van der Waals surface area contributed by atoms with E-state index in [1.54, 1.807) is 6.92 Å². The van der Waals surface area contributed by atoms with Gasteiger partial charge in [0, 0.05) is 6.54 Å². The Kier molecular flexibility index (Phi) is 2.04. The lowest BCUT2D eigenvalue weighted by molar-refractivity contribution is 0.0397. The normalized spacial score (nSPS) is 22.4. The molecule has 0 aromatic rings. The molecular weight excluding hydrogens is 144 g/mol. The zero-order valence-corrected chi connectivity index (χ0v) is 6.63. The van der Waals surface area contributed by atoms with Crippen LogP contribution in [0.25, 0.3) is 0 Å². The fourth-order valence-corrected chi connectivity index (χ4v) is 1.12. The lowest BCUT2D eigenvalue weighted by Gasteiger charge is -2.22. The van der Waals surface area contributed by atoms with Crippen LogP contribution in [0.5, 0.6) is 0 Å². The maximum atomic E-state index is 10.3. The lowest BCUT2D eigenvalue weighted by atomic mass is 10.0. The Morgan fingerprint density at radius 2 is 2.36 bits per heavy atom. The molecule has 64 valence electrons. The molecule has 0 aromatic heterocycles. The van der Waals surface area contributed by atoms with E-state index in [0.29, 0.717) is 5.92 Å². The molecule has 11 heavy (non-hydrogen) atoms. The molecule has 1 aliphatic carbocycles. The Hall–Kier alpha value is -0.770. The van der Waals surface area contributed by atoms with E-state index >= 15 is 0 Å². The number of amides is 2. The first-order valence-electron chi connectivity index (χ1n) is 3.78. The Bertz CT molecular complexity index is 164.